The highest BCUT2D eigenvalue weighted by Gasteiger charge is 2.15. The molecule has 2 aromatic carbocycles. The Bertz CT molecular complexity index is 1200. The molecular formula is C18H16N4O4S. The molecular weight excluding hydrogens is 368 g/mol. The van der Waals surface area contributed by atoms with E-state index >= 15 is 0 Å². The van der Waals surface area contributed by atoms with E-state index in [4.69, 9.17) is 14.2 Å². The Balaban J connectivity index is 1.85. The summed E-state index contributed by atoms with van der Waals surface area (Å²) in [6.45, 7) is 0. The number of ether oxygens (including phenoxy) is 3. The summed E-state index contributed by atoms with van der Waals surface area (Å²) < 4.78 is 17.2. The Morgan fingerprint density at radius 2 is 1.70 bits per heavy atom. The first-order chi connectivity index (χ1) is 13.1. The van der Waals surface area contributed by atoms with Crippen LogP contribution in [0.2, 0.25) is 0 Å². The van der Waals surface area contributed by atoms with Crippen molar-refractivity contribution in [2.45, 2.75) is 0 Å². The number of nitrogens with zero attached hydrogens (tertiary/aromatic N) is 3. The number of hydrogen-bond acceptors (Lipinski definition) is 8. The molecule has 0 radical (unpaired) electrons. The van der Waals surface area contributed by atoms with Crippen LogP contribution in [0.1, 0.15) is 0 Å². The highest BCUT2D eigenvalue weighted by molar-refractivity contribution is 7.20. The van der Waals surface area contributed by atoms with Gasteiger partial charge in [0.15, 0.2) is 11.5 Å². The molecule has 2 aromatic heterocycles. The van der Waals surface area contributed by atoms with Crippen molar-refractivity contribution in [1.82, 2.24) is 14.6 Å². The largest absolute Gasteiger partial charge is 0.495 e. The number of methoxy groups -OCH3 is 3. The SMILES string of the molecule is COc1ccccc1Nc1nn2c(=O)c3cc(OC)c(OC)cc3nc2s1. The van der Waals surface area contributed by atoms with Crippen molar-refractivity contribution in [2.75, 3.05) is 26.6 Å². The van der Waals surface area contributed by atoms with Crippen molar-refractivity contribution in [1.29, 1.82) is 0 Å². The summed E-state index contributed by atoms with van der Waals surface area (Å²) in [6.07, 6.45) is 0. The van der Waals surface area contributed by atoms with Gasteiger partial charge in [-0.15, -0.1) is 5.10 Å². The van der Waals surface area contributed by atoms with E-state index in [1.807, 2.05) is 24.3 Å². The Hall–Kier alpha value is -3.33. The minimum atomic E-state index is -0.278. The molecule has 0 spiro atoms. The zero-order valence-electron chi connectivity index (χ0n) is 14.8. The van der Waals surface area contributed by atoms with Gasteiger partial charge in [-0.1, -0.05) is 23.5 Å². The zero-order chi connectivity index (χ0) is 19.0. The number of benzene rings is 2. The number of para-hydroxylation sites is 2. The lowest BCUT2D eigenvalue weighted by Crippen LogP contribution is -2.15. The van der Waals surface area contributed by atoms with Gasteiger partial charge in [0.1, 0.15) is 5.75 Å². The monoisotopic (exact) mass is 384 g/mol. The lowest BCUT2D eigenvalue weighted by Gasteiger charge is -2.08. The summed E-state index contributed by atoms with van der Waals surface area (Å²) in [5.74, 6) is 1.65. The summed E-state index contributed by atoms with van der Waals surface area (Å²) >= 11 is 1.27. The molecule has 0 fully saturated rings. The quantitative estimate of drug-likeness (QED) is 0.566. The summed E-state index contributed by atoms with van der Waals surface area (Å²) in [6, 6.07) is 10.8. The molecule has 0 bridgehead atoms. The molecule has 0 atom stereocenters. The number of fused-ring (bicyclic) bond motifs is 2. The lowest BCUT2D eigenvalue weighted by atomic mass is 10.2. The molecule has 0 amide bonds. The molecule has 2 heterocycles. The van der Waals surface area contributed by atoms with Gasteiger partial charge in [-0.2, -0.15) is 4.52 Å². The van der Waals surface area contributed by atoms with Gasteiger partial charge in [-0.3, -0.25) is 4.79 Å². The molecule has 9 heteroatoms. The average molecular weight is 384 g/mol. The number of anilines is 2. The van der Waals surface area contributed by atoms with Crippen LogP contribution in [0, 0.1) is 0 Å². The standard InChI is InChI=1S/C18H16N4O4S/c1-24-13-7-5-4-6-11(13)19-17-21-22-16(23)10-8-14(25-2)15(26-3)9-12(10)20-18(22)27-17/h4-9H,1-3H3,(H,19,21). The molecule has 27 heavy (non-hydrogen) atoms. The topological polar surface area (TPSA) is 87.0 Å². The zero-order valence-corrected chi connectivity index (χ0v) is 15.7. The van der Waals surface area contributed by atoms with E-state index in [2.05, 4.69) is 15.4 Å². The Morgan fingerprint density at radius 3 is 2.44 bits per heavy atom. The van der Waals surface area contributed by atoms with Crippen LogP contribution in [0.25, 0.3) is 15.9 Å². The van der Waals surface area contributed by atoms with Gasteiger partial charge in [0.25, 0.3) is 5.56 Å². The van der Waals surface area contributed by atoms with E-state index in [-0.39, 0.29) is 5.56 Å². The third-order valence-corrected chi connectivity index (χ3v) is 4.87. The predicted molar refractivity (Wildman–Crippen MR) is 104 cm³/mol. The molecule has 0 aliphatic carbocycles. The third-order valence-electron chi connectivity index (χ3n) is 4.05. The summed E-state index contributed by atoms with van der Waals surface area (Å²) in [7, 11) is 4.65. The first kappa shape index (κ1) is 17.1. The van der Waals surface area contributed by atoms with E-state index in [0.717, 1.165) is 5.69 Å². The summed E-state index contributed by atoms with van der Waals surface area (Å²) in [5, 5.41) is 8.45. The Labute approximate surface area is 157 Å². The normalized spacial score (nSPS) is 10.9. The van der Waals surface area contributed by atoms with Gasteiger partial charge in [0.2, 0.25) is 10.1 Å². The summed E-state index contributed by atoms with van der Waals surface area (Å²) in [5.41, 5.74) is 0.991. The van der Waals surface area contributed by atoms with E-state index in [9.17, 15) is 4.79 Å². The fraction of sp³-hybridized carbons (Fsp3) is 0.167. The minimum absolute atomic E-state index is 0.278. The van der Waals surface area contributed by atoms with Crippen molar-refractivity contribution in [3.63, 3.8) is 0 Å². The van der Waals surface area contributed by atoms with Crippen molar-refractivity contribution >= 4 is 38.0 Å². The van der Waals surface area contributed by atoms with Crippen molar-refractivity contribution in [2.24, 2.45) is 0 Å². The van der Waals surface area contributed by atoms with Gasteiger partial charge in [0.05, 0.1) is 37.9 Å². The molecule has 4 aromatic rings. The second kappa shape index (κ2) is 6.76. The van der Waals surface area contributed by atoms with E-state index in [1.54, 1.807) is 19.2 Å². The molecule has 1 N–H and O–H groups in total. The fourth-order valence-corrected chi connectivity index (χ4v) is 3.56. The summed E-state index contributed by atoms with van der Waals surface area (Å²) in [4.78, 5) is 17.9. The van der Waals surface area contributed by atoms with Gasteiger partial charge in [-0.05, 0) is 18.2 Å². The maximum Gasteiger partial charge on any atom is 0.283 e. The lowest BCUT2D eigenvalue weighted by molar-refractivity contribution is 0.355. The fourth-order valence-electron chi connectivity index (χ4n) is 2.75. The van der Waals surface area contributed by atoms with Crippen LogP contribution in [0.3, 0.4) is 0 Å². The number of rotatable bonds is 5. The first-order valence-electron chi connectivity index (χ1n) is 8.00. The van der Waals surface area contributed by atoms with Crippen LogP contribution in [0.4, 0.5) is 10.8 Å². The van der Waals surface area contributed by atoms with Crippen molar-refractivity contribution in [3.8, 4) is 17.2 Å². The molecule has 4 rings (SSSR count). The van der Waals surface area contributed by atoms with Crippen LogP contribution in [0.5, 0.6) is 17.2 Å². The maximum atomic E-state index is 12.9. The number of hydrogen-bond donors (Lipinski definition) is 1. The van der Waals surface area contributed by atoms with Gasteiger partial charge in [0, 0.05) is 6.07 Å². The molecule has 0 saturated carbocycles. The van der Waals surface area contributed by atoms with Crippen LogP contribution in [-0.4, -0.2) is 35.9 Å². The Morgan fingerprint density at radius 1 is 1.00 bits per heavy atom. The van der Waals surface area contributed by atoms with E-state index < -0.39 is 0 Å². The third kappa shape index (κ3) is 2.91. The van der Waals surface area contributed by atoms with Crippen molar-refractivity contribution in [3.05, 3.63) is 46.8 Å². The smallest absolute Gasteiger partial charge is 0.283 e. The van der Waals surface area contributed by atoms with Crippen LogP contribution < -0.4 is 25.1 Å². The van der Waals surface area contributed by atoms with Gasteiger partial charge < -0.3 is 19.5 Å². The highest BCUT2D eigenvalue weighted by Crippen LogP contribution is 2.32. The van der Waals surface area contributed by atoms with Crippen molar-refractivity contribution < 1.29 is 14.2 Å². The number of nitrogens with one attached hydrogen (secondary N) is 1. The maximum absolute atomic E-state index is 12.9. The van der Waals surface area contributed by atoms with Gasteiger partial charge in [-0.25, -0.2) is 4.98 Å². The number of aromatic nitrogens is 3. The first-order valence-corrected chi connectivity index (χ1v) is 8.82. The molecule has 0 saturated heterocycles. The van der Waals surface area contributed by atoms with Crippen LogP contribution in [-0.2, 0) is 0 Å². The molecule has 8 nitrogen and oxygen atoms in total. The molecule has 0 unspecified atom stereocenters. The van der Waals surface area contributed by atoms with Gasteiger partial charge >= 0.3 is 0 Å². The van der Waals surface area contributed by atoms with E-state index in [0.29, 0.717) is 38.2 Å². The second-order valence-electron chi connectivity index (χ2n) is 5.57. The highest BCUT2D eigenvalue weighted by atomic mass is 32.1. The molecule has 138 valence electrons. The van der Waals surface area contributed by atoms with E-state index in [1.165, 1.54) is 30.1 Å². The molecule has 0 aliphatic rings. The second-order valence-corrected chi connectivity index (χ2v) is 6.52. The average Bonchev–Trinajstić information content (AvgIpc) is 3.10. The Kier molecular flexibility index (Phi) is 4.28. The molecule has 0 aliphatic heterocycles. The minimum Gasteiger partial charge on any atom is -0.495 e. The van der Waals surface area contributed by atoms with Crippen LogP contribution >= 0.6 is 11.3 Å². The predicted octanol–water partition coefficient (Wildman–Crippen LogP) is 3.07. The van der Waals surface area contributed by atoms with Crippen LogP contribution in [0.15, 0.2) is 41.2 Å².